The van der Waals surface area contributed by atoms with Crippen LogP contribution in [0.1, 0.15) is 25.0 Å². The zero-order chi connectivity index (χ0) is 26.5. The lowest BCUT2D eigenvalue weighted by atomic mass is 9.89. The second kappa shape index (κ2) is 12.2. The van der Waals surface area contributed by atoms with Gasteiger partial charge in [0, 0.05) is 30.6 Å². The summed E-state index contributed by atoms with van der Waals surface area (Å²) in [5.41, 5.74) is -0.499. The molecular weight excluding hydrogens is 538 g/mol. The van der Waals surface area contributed by atoms with E-state index in [4.69, 9.17) is 28.2 Å². The van der Waals surface area contributed by atoms with Crippen molar-refractivity contribution in [2.24, 2.45) is 5.16 Å². The summed E-state index contributed by atoms with van der Waals surface area (Å²) >= 11 is 3.24. The number of oxime groups is 1. The molecule has 0 bridgehead atoms. The van der Waals surface area contributed by atoms with E-state index in [1.165, 1.54) is 13.3 Å². The zero-order valence-corrected chi connectivity index (χ0v) is 22.3. The summed E-state index contributed by atoms with van der Waals surface area (Å²) in [6, 6.07) is 3.35. The Labute approximate surface area is 217 Å². The van der Waals surface area contributed by atoms with Gasteiger partial charge in [-0.15, -0.1) is 0 Å². The molecule has 4 atom stereocenters. The van der Waals surface area contributed by atoms with Crippen molar-refractivity contribution in [3.63, 3.8) is 0 Å². The number of aliphatic hydroxyl groups excluding tert-OH is 2. The van der Waals surface area contributed by atoms with Crippen LogP contribution in [0.2, 0.25) is 0 Å². The van der Waals surface area contributed by atoms with Crippen LogP contribution in [-0.4, -0.2) is 72.3 Å². The number of nitrogens with zero attached hydrogens (tertiary/aromatic N) is 1. The number of fused-ring (bicyclic) bond motifs is 1. The second-order valence-electron chi connectivity index (χ2n) is 8.72. The summed E-state index contributed by atoms with van der Waals surface area (Å²) in [6.07, 6.45) is -1.36. The molecule has 0 spiro atoms. The maximum absolute atomic E-state index is 12.9. The first-order valence-electron chi connectivity index (χ1n) is 11.4. The summed E-state index contributed by atoms with van der Waals surface area (Å²) in [7, 11) is 1.44. The first-order valence-corrected chi connectivity index (χ1v) is 12.5. The molecule has 2 N–H and O–H groups in total. The van der Waals surface area contributed by atoms with Gasteiger partial charge in [0.05, 0.1) is 16.6 Å². The fourth-order valence-corrected chi connectivity index (χ4v) is 4.25. The summed E-state index contributed by atoms with van der Waals surface area (Å²) in [5.74, 6) is 0.650. The van der Waals surface area contributed by atoms with Crippen LogP contribution in [0, 0.1) is 6.92 Å². The fourth-order valence-electron chi connectivity index (χ4n) is 4.10. The van der Waals surface area contributed by atoms with E-state index in [-0.39, 0.29) is 24.2 Å². The minimum atomic E-state index is -1.37. The molecule has 10 nitrogen and oxygen atoms in total. The van der Waals surface area contributed by atoms with Gasteiger partial charge in [0.1, 0.15) is 48.6 Å². The Morgan fingerprint density at radius 2 is 2.03 bits per heavy atom. The van der Waals surface area contributed by atoms with Crippen molar-refractivity contribution in [3.8, 4) is 11.5 Å². The molecule has 0 amide bonds. The summed E-state index contributed by atoms with van der Waals surface area (Å²) in [5, 5.41) is 26.1. The molecule has 1 aromatic heterocycles. The monoisotopic (exact) mass is 569 g/mol. The van der Waals surface area contributed by atoms with Crippen molar-refractivity contribution >= 4 is 33.1 Å². The van der Waals surface area contributed by atoms with Crippen molar-refractivity contribution in [2.75, 3.05) is 25.7 Å². The number of benzene rings is 1. The van der Waals surface area contributed by atoms with Crippen LogP contribution in [-0.2, 0) is 20.7 Å². The molecule has 1 fully saturated rings. The van der Waals surface area contributed by atoms with Gasteiger partial charge in [-0.1, -0.05) is 33.7 Å². The third-order valence-electron chi connectivity index (χ3n) is 5.82. The topological polar surface area (TPSA) is 129 Å². The minimum Gasteiger partial charge on any atom is -0.488 e. The third kappa shape index (κ3) is 5.92. The molecule has 2 aromatic rings. The average molecular weight is 570 g/mol. The normalized spacial score (nSPS) is 23.6. The Balaban J connectivity index is 1.97. The number of hydrogen-bond donors (Lipinski definition) is 2. The highest BCUT2D eigenvalue weighted by Crippen LogP contribution is 2.37. The van der Waals surface area contributed by atoms with E-state index in [0.717, 1.165) is 0 Å². The number of aliphatic hydroxyl groups is 2. The van der Waals surface area contributed by atoms with Gasteiger partial charge in [0.15, 0.2) is 0 Å². The number of aryl methyl sites for hydroxylation is 1. The first-order chi connectivity index (χ1) is 17.2. The number of alkyl halides is 1. The van der Waals surface area contributed by atoms with Gasteiger partial charge in [-0.3, -0.25) is 0 Å². The molecule has 1 aromatic carbocycles. The maximum atomic E-state index is 12.9. The molecule has 1 saturated heterocycles. The van der Waals surface area contributed by atoms with E-state index >= 15 is 0 Å². The van der Waals surface area contributed by atoms with Crippen molar-refractivity contribution in [1.82, 2.24) is 0 Å². The Morgan fingerprint density at radius 3 is 2.69 bits per heavy atom. The van der Waals surface area contributed by atoms with Crippen LogP contribution in [0.15, 0.2) is 39.2 Å². The first kappa shape index (κ1) is 28.1. The zero-order valence-electron chi connectivity index (χ0n) is 20.7. The molecule has 0 radical (unpaired) electrons. The second-order valence-corrected chi connectivity index (χ2v) is 9.51. The standard InChI is InChI=1S/C25H32BrNO9/c1-6-12-32-21-15-7-8-17(34-24-19(29)18(28)22(31-5)25(3,4)36-24)14(2)20(15)35-23(30)16(21)9-11-27-33-13-10-26/h6-8,11,18-19,22,24,28-29H,1,9-10,12-13H2,2-5H3/t18-,19-,22-,24-/m1/s1. The Hall–Kier alpha value is -2.44. The molecule has 198 valence electrons. The van der Waals surface area contributed by atoms with Crippen molar-refractivity contribution in [1.29, 1.82) is 0 Å². The summed E-state index contributed by atoms with van der Waals surface area (Å²) in [4.78, 5) is 18.0. The smallest absolute Gasteiger partial charge is 0.343 e. The summed E-state index contributed by atoms with van der Waals surface area (Å²) < 4.78 is 28.7. The molecule has 0 aliphatic carbocycles. The highest BCUT2D eigenvalue weighted by Gasteiger charge is 2.50. The molecule has 0 unspecified atom stereocenters. The number of methoxy groups -OCH3 is 1. The van der Waals surface area contributed by atoms with E-state index < -0.39 is 35.8 Å². The van der Waals surface area contributed by atoms with Gasteiger partial charge >= 0.3 is 5.63 Å². The van der Waals surface area contributed by atoms with Gasteiger partial charge in [-0.25, -0.2) is 4.79 Å². The van der Waals surface area contributed by atoms with Gasteiger partial charge in [0.25, 0.3) is 0 Å². The number of halogens is 1. The largest absolute Gasteiger partial charge is 0.488 e. The lowest BCUT2D eigenvalue weighted by molar-refractivity contribution is -0.306. The van der Waals surface area contributed by atoms with E-state index in [0.29, 0.717) is 34.4 Å². The predicted molar refractivity (Wildman–Crippen MR) is 137 cm³/mol. The number of hydrogen-bond acceptors (Lipinski definition) is 10. The number of rotatable bonds is 11. The third-order valence-corrected chi connectivity index (χ3v) is 6.14. The lowest BCUT2D eigenvalue weighted by Crippen LogP contribution is -2.63. The quantitative estimate of drug-likeness (QED) is 0.105. The van der Waals surface area contributed by atoms with Crippen molar-refractivity contribution in [3.05, 3.63) is 46.3 Å². The van der Waals surface area contributed by atoms with E-state index in [9.17, 15) is 15.0 Å². The van der Waals surface area contributed by atoms with Crippen molar-refractivity contribution < 1.29 is 38.4 Å². The number of ether oxygens (including phenoxy) is 4. The van der Waals surface area contributed by atoms with Crippen LogP contribution in [0.25, 0.3) is 11.0 Å². The Morgan fingerprint density at radius 1 is 1.28 bits per heavy atom. The molecular formula is C25H32BrNO9. The Bertz CT molecular complexity index is 1150. The lowest BCUT2D eigenvalue weighted by Gasteiger charge is -2.46. The average Bonchev–Trinajstić information content (AvgIpc) is 2.83. The molecule has 11 heteroatoms. The SMILES string of the molecule is C=CCOc1c(CC=NOCCBr)c(=O)oc2c(C)c(O[C@@H]3OC(C)(C)[C@H](OC)[C@H](O)[C@H]3O)ccc12. The van der Waals surface area contributed by atoms with Crippen LogP contribution >= 0.6 is 15.9 Å². The minimum absolute atomic E-state index is 0.139. The van der Waals surface area contributed by atoms with E-state index in [2.05, 4.69) is 27.7 Å². The highest BCUT2D eigenvalue weighted by atomic mass is 79.9. The van der Waals surface area contributed by atoms with Gasteiger partial charge in [0.2, 0.25) is 6.29 Å². The molecule has 3 rings (SSSR count). The van der Waals surface area contributed by atoms with E-state index in [1.807, 2.05) is 0 Å². The van der Waals surface area contributed by atoms with Gasteiger partial charge < -0.3 is 38.4 Å². The van der Waals surface area contributed by atoms with E-state index in [1.54, 1.807) is 39.0 Å². The molecule has 2 heterocycles. The van der Waals surface area contributed by atoms with Crippen LogP contribution in [0.4, 0.5) is 0 Å². The van der Waals surface area contributed by atoms with Gasteiger partial charge in [-0.2, -0.15) is 0 Å². The van der Waals surface area contributed by atoms with Crippen LogP contribution < -0.4 is 15.1 Å². The molecule has 36 heavy (non-hydrogen) atoms. The predicted octanol–water partition coefficient (Wildman–Crippen LogP) is 2.86. The van der Waals surface area contributed by atoms with Gasteiger partial charge in [-0.05, 0) is 32.9 Å². The molecule has 0 saturated carbocycles. The van der Waals surface area contributed by atoms with Crippen molar-refractivity contribution in [2.45, 2.75) is 57.4 Å². The van der Waals surface area contributed by atoms with Crippen LogP contribution in [0.3, 0.4) is 0 Å². The highest BCUT2D eigenvalue weighted by molar-refractivity contribution is 9.09. The molecule has 1 aliphatic rings. The maximum Gasteiger partial charge on any atom is 0.343 e. The molecule has 1 aliphatic heterocycles. The Kier molecular flexibility index (Phi) is 9.53. The summed E-state index contributed by atoms with van der Waals surface area (Å²) in [6.45, 7) is 9.42. The fraction of sp³-hybridized carbons (Fsp3) is 0.520. The van der Waals surface area contributed by atoms with Crippen LogP contribution in [0.5, 0.6) is 11.5 Å².